The van der Waals surface area contributed by atoms with Gasteiger partial charge in [0.25, 0.3) is 0 Å². The van der Waals surface area contributed by atoms with Gasteiger partial charge in [-0.05, 0) is 47.2 Å². The number of para-hydroxylation sites is 1. The van der Waals surface area contributed by atoms with Crippen molar-refractivity contribution < 1.29 is 9.59 Å². The third-order valence-electron chi connectivity index (χ3n) is 5.22. The summed E-state index contributed by atoms with van der Waals surface area (Å²) in [6.07, 6.45) is 0.226. The second-order valence-electron chi connectivity index (χ2n) is 8.00. The number of amides is 2. The predicted molar refractivity (Wildman–Crippen MR) is 115 cm³/mol. The normalized spacial score (nSPS) is 16.9. The van der Waals surface area contributed by atoms with E-state index in [1.165, 1.54) is 0 Å². The van der Waals surface area contributed by atoms with Crippen LogP contribution in [-0.2, 0) is 9.59 Å². The molecule has 0 bridgehead atoms. The lowest BCUT2D eigenvalue weighted by molar-refractivity contribution is -0.122. The Bertz CT molecular complexity index is 848. The molecule has 3 rings (SSSR count). The van der Waals surface area contributed by atoms with E-state index in [9.17, 15) is 9.59 Å². The maximum absolute atomic E-state index is 12.9. The lowest BCUT2D eigenvalue weighted by atomic mass is 9.92. The standard InChI is InChI=1S/C23H27ClN2O2/c1-14(2)19-6-5-7-20(15(3)4)22(19)26-13-16(12-21(26)27)23(28)25-18-10-8-17(24)9-11-18/h5-11,14-16H,12-13H2,1-4H3,(H,25,28). The zero-order valence-electron chi connectivity index (χ0n) is 16.8. The van der Waals surface area contributed by atoms with Crippen molar-refractivity contribution in [2.45, 2.75) is 46.0 Å². The van der Waals surface area contributed by atoms with Crippen LogP contribution in [0.25, 0.3) is 0 Å². The lowest BCUT2D eigenvalue weighted by Gasteiger charge is -2.27. The maximum atomic E-state index is 12.9. The molecule has 1 aliphatic heterocycles. The first-order valence-corrected chi connectivity index (χ1v) is 10.1. The minimum absolute atomic E-state index is 0.00579. The van der Waals surface area contributed by atoms with E-state index in [4.69, 9.17) is 11.6 Å². The zero-order valence-corrected chi connectivity index (χ0v) is 17.6. The molecule has 0 saturated carbocycles. The number of halogens is 1. The number of benzene rings is 2. The largest absolute Gasteiger partial charge is 0.326 e. The van der Waals surface area contributed by atoms with Crippen LogP contribution in [0.15, 0.2) is 42.5 Å². The van der Waals surface area contributed by atoms with Gasteiger partial charge in [-0.25, -0.2) is 0 Å². The van der Waals surface area contributed by atoms with Gasteiger partial charge in [0.2, 0.25) is 11.8 Å². The van der Waals surface area contributed by atoms with E-state index in [1.807, 2.05) is 4.90 Å². The molecule has 1 fully saturated rings. The molecule has 1 N–H and O–H groups in total. The fourth-order valence-electron chi connectivity index (χ4n) is 3.70. The number of nitrogens with one attached hydrogen (secondary N) is 1. The van der Waals surface area contributed by atoms with Crippen molar-refractivity contribution in [3.63, 3.8) is 0 Å². The molecular weight excluding hydrogens is 372 g/mol. The summed E-state index contributed by atoms with van der Waals surface area (Å²) in [4.78, 5) is 27.4. The van der Waals surface area contributed by atoms with Gasteiger partial charge >= 0.3 is 0 Å². The van der Waals surface area contributed by atoms with Gasteiger partial charge in [-0.1, -0.05) is 57.5 Å². The highest BCUT2D eigenvalue weighted by Crippen LogP contribution is 2.38. The Morgan fingerprint density at radius 1 is 1.04 bits per heavy atom. The molecule has 0 aliphatic carbocycles. The Labute approximate surface area is 171 Å². The van der Waals surface area contributed by atoms with Gasteiger partial charge in [-0.3, -0.25) is 9.59 Å². The molecule has 2 aromatic rings. The summed E-state index contributed by atoms with van der Waals surface area (Å²) in [5, 5.41) is 3.52. The third kappa shape index (κ3) is 4.22. The SMILES string of the molecule is CC(C)c1cccc(C(C)C)c1N1CC(C(=O)Nc2ccc(Cl)cc2)CC1=O. The van der Waals surface area contributed by atoms with Crippen LogP contribution in [0.4, 0.5) is 11.4 Å². The molecule has 1 unspecified atom stereocenters. The molecule has 5 heteroatoms. The summed E-state index contributed by atoms with van der Waals surface area (Å²) in [6, 6.07) is 13.2. The minimum Gasteiger partial charge on any atom is -0.326 e. The fraction of sp³-hybridized carbons (Fsp3) is 0.391. The highest BCUT2D eigenvalue weighted by molar-refractivity contribution is 6.30. The maximum Gasteiger partial charge on any atom is 0.229 e. The van der Waals surface area contributed by atoms with Crippen molar-refractivity contribution in [3.05, 3.63) is 58.6 Å². The Morgan fingerprint density at radius 2 is 1.61 bits per heavy atom. The summed E-state index contributed by atoms with van der Waals surface area (Å²) in [7, 11) is 0. The number of rotatable bonds is 5. The number of carbonyl (C=O) groups is 2. The highest BCUT2D eigenvalue weighted by atomic mass is 35.5. The van der Waals surface area contributed by atoms with Crippen molar-refractivity contribution in [2.75, 3.05) is 16.8 Å². The van der Waals surface area contributed by atoms with Crippen molar-refractivity contribution in [2.24, 2.45) is 5.92 Å². The molecule has 1 heterocycles. The van der Waals surface area contributed by atoms with Crippen molar-refractivity contribution in [3.8, 4) is 0 Å². The molecule has 2 aromatic carbocycles. The molecule has 0 radical (unpaired) electrons. The van der Waals surface area contributed by atoms with Crippen LogP contribution in [-0.4, -0.2) is 18.4 Å². The van der Waals surface area contributed by atoms with Gasteiger partial charge in [0, 0.05) is 23.7 Å². The topological polar surface area (TPSA) is 49.4 Å². The number of carbonyl (C=O) groups excluding carboxylic acids is 2. The summed E-state index contributed by atoms with van der Waals surface area (Å²) in [5.74, 6) is 0.0906. The first-order valence-electron chi connectivity index (χ1n) is 9.77. The van der Waals surface area contributed by atoms with E-state index in [2.05, 4.69) is 51.2 Å². The first-order chi connectivity index (χ1) is 13.3. The highest BCUT2D eigenvalue weighted by Gasteiger charge is 2.37. The van der Waals surface area contributed by atoms with E-state index in [0.29, 0.717) is 29.1 Å². The Balaban J connectivity index is 1.85. The van der Waals surface area contributed by atoms with Crippen LogP contribution in [0.2, 0.25) is 5.02 Å². The average Bonchev–Trinajstić information content (AvgIpc) is 3.04. The number of hydrogen-bond acceptors (Lipinski definition) is 2. The van der Waals surface area contributed by atoms with Crippen LogP contribution in [0, 0.1) is 5.92 Å². The molecule has 0 spiro atoms. The molecule has 0 aromatic heterocycles. The Morgan fingerprint density at radius 3 is 2.14 bits per heavy atom. The molecule has 2 amide bonds. The molecular formula is C23H27ClN2O2. The molecule has 148 valence electrons. The Kier molecular flexibility index (Phi) is 6.09. The van der Waals surface area contributed by atoms with Crippen LogP contribution >= 0.6 is 11.6 Å². The van der Waals surface area contributed by atoms with Crippen LogP contribution < -0.4 is 10.2 Å². The van der Waals surface area contributed by atoms with Crippen LogP contribution in [0.1, 0.15) is 57.1 Å². The van der Waals surface area contributed by atoms with Gasteiger partial charge in [0.05, 0.1) is 11.6 Å². The van der Waals surface area contributed by atoms with E-state index in [-0.39, 0.29) is 24.2 Å². The third-order valence-corrected chi connectivity index (χ3v) is 5.47. The second kappa shape index (κ2) is 8.36. The molecule has 1 saturated heterocycles. The fourth-order valence-corrected chi connectivity index (χ4v) is 3.83. The van der Waals surface area contributed by atoms with Crippen LogP contribution in [0.3, 0.4) is 0 Å². The van der Waals surface area contributed by atoms with Gasteiger partial charge in [0.15, 0.2) is 0 Å². The van der Waals surface area contributed by atoms with Crippen LogP contribution in [0.5, 0.6) is 0 Å². The number of nitrogens with zero attached hydrogens (tertiary/aromatic N) is 1. The predicted octanol–water partition coefficient (Wildman–Crippen LogP) is 5.58. The summed E-state index contributed by atoms with van der Waals surface area (Å²) in [6.45, 7) is 8.94. The zero-order chi connectivity index (χ0) is 20.4. The molecule has 1 atom stereocenters. The smallest absolute Gasteiger partial charge is 0.229 e. The quantitative estimate of drug-likeness (QED) is 0.714. The molecule has 28 heavy (non-hydrogen) atoms. The van der Waals surface area contributed by atoms with Gasteiger partial charge < -0.3 is 10.2 Å². The monoisotopic (exact) mass is 398 g/mol. The molecule has 1 aliphatic rings. The van der Waals surface area contributed by atoms with Crippen molar-refractivity contribution >= 4 is 34.8 Å². The summed E-state index contributed by atoms with van der Waals surface area (Å²) in [5.41, 5.74) is 3.97. The van der Waals surface area contributed by atoms with E-state index < -0.39 is 0 Å². The average molecular weight is 399 g/mol. The summed E-state index contributed by atoms with van der Waals surface area (Å²) < 4.78 is 0. The second-order valence-corrected chi connectivity index (χ2v) is 8.43. The minimum atomic E-state index is -0.372. The van der Waals surface area contributed by atoms with E-state index in [1.54, 1.807) is 24.3 Å². The van der Waals surface area contributed by atoms with Gasteiger partial charge in [-0.2, -0.15) is 0 Å². The molecule has 4 nitrogen and oxygen atoms in total. The lowest BCUT2D eigenvalue weighted by Crippen LogP contribution is -2.30. The van der Waals surface area contributed by atoms with Gasteiger partial charge in [0.1, 0.15) is 0 Å². The first kappa shape index (κ1) is 20.4. The van der Waals surface area contributed by atoms with E-state index >= 15 is 0 Å². The van der Waals surface area contributed by atoms with Crippen molar-refractivity contribution in [1.82, 2.24) is 0 Å². The number of hydrogen-bond donors (Lipinski definition) is 1. The van der Waals surface area contributed by atoms with Crippen molar-refractivity contribution in [1.29, 1.82) is 0 Å². The Hall–Kier alpha value is -2.33. The summed E-state index contributed by atoms with van der Waals surface area (Å²) >= 11 is 5.90. The van der Waals surface area contributed by atoms with E-state index in [0.717, 1.165) is 16.8 Å². The van der Waals surface area contributed by atoms with Gasteiger partial charge in [-0.15, -0.1) is 0 Å². The number of anilines is 2.